The van der Waals surface area contributed by atoms with Crippen molar-refractivity contribution in [3.8, 4) is 17.0 Å². The summed E-state index contributed by atoms with van der Waals surface area (Å²) < 4.78 is 77.8. The van der Waals surface area contributed by atoms with Crippen LogP contribution in [0.2, 0.25) is 0 Å². The molecule has 3 heterocycles. The van der Waals surface area contributed by atoms with Crippen LogP contribution in [0.3, 0.4) is 0 Å². The normalized spacial score (nSPS) is 16.3. The number of nitrogens with zero attached hydrogens (tertiary/aromatic N) is 5. The molecule has 0 atom stereocenters. The lowest BCUT2D eigenvalue weighted by Gasteiger charge is -2.37. The minimum atomic E-state index is -4.59. The minimum absolute atomic E-state index is 0.0462. The summed E-state index contributed by atoms with van der Waals surface area (Å²) in [5.74, 6) is -1.48. The van der Waals surface area contributed by atoms with Crippen LogP contribution in [0.4, 0.5) is 45.0 Å². The van der Waals surface area contributed by atoms with Gasteiger partial charge in [0.05, 0.1) is 24.0 Å². The maximum Gasteiger partial charge on any atom is 0.418 e. The number of ether oxygens (including phenoxy) is 1. The van der Waals surface area contributed by atoms with Gasteiger partial charge in [0.15, 0.2) is 17.4 Å². The Labute approximate surface area is 235 Å². The van der Waals surface area contributed by atoms with Crippen molar-refractivity contribution in [2.45, 2.75) is 44.9 Å². The Balaban J connectivity index is 1.44. The molecule has 2 aliphatic heterocycles. The number of hydrogen-bond donors (Lipinski definition) is 1. The van der Waals surface area contributed by atoms with Gasteiger partial charge in [0, 0.05) is 42.1 Å². The maximum absolute atomic E-state index is 15.0. The van der Waals surface area contributed by atoms with Gasteiger partial charge < -0.3 is 24.8 Å². The van der Waals surface area contributed by atoms with E-state index in [4.69, 9.17) is 4.74 Å². The number of fused-ring (bicyclic) bond motifs is 1. The second kappa shape index (κ2) is 11.3. The highest BCUT2D eigenvalue weighted by molar-refractivity contribution is 5.73. The minimum Gasteiger partial charge on any atom is -0.486 e. The first-order chi connectivity index (χ1) is 19.4. The maximum atomic E-state index is 15.0. The average molecular weight is 577 g/mol. The molecule has 7 nitrogen and oxygen atoms in total. The number of hydrogen-bond acceptors (Lipinski definition) is 7. The van der Waals surface area contributed by atoms with Gasteiger partial charge in [0.25, 0.3) is 0 Å². The first kappa shape index (κ1) is 28.8. The number of benzene rings is 2. The topological polar surface area (TPSA) is 56.8 Å². The van der Waals surface area contributed by atoms with Crippen LogP contribution in [0.15, 0.2) is 36.5 Å². The average Bonchev–Trinajstić information content (AvgIpc) is 2.93. The zero-order valence-electron chi connectivity index (χ0n) is 23.4. The van der Waals surface area contributed by atoms with Crippen molar-refractivity contribution in [2.75, 3.05) is 55.5 Å². The van der Waals surface area contributed by atoms with Crippen molar-refractivity contribution in [2.24, 2.45) is 0 Å². The predicted octanol–water partition coefficient (Wildman–Crippen LogP) is 6.32. The number of alkyl halides is 3. The smallest absolute Gasteiger partial charge is 0.418 e. The lowest BCUT2D eigenvalue weighted by Crippen LogP contribution is -2.42. The van der Waals surface area contributed by atoms with E-state index in [0.717, 1.165) is 31.2 Å². The molecule has 12 heteroatoms. The molecule has 1 saturated heterocycles. The van der Waals surface area contributed by atoms with Crippen molar-refractivity contribution in [3.05, 3.63) is 53.7 Å². The molecule has 220 valence electrons. The van der Waals surface area contributed by atoms with Crippen LogP contribution >= 0.6 is 0 Å². The number of piperidine rings is 1. The van der Waals surface area contributed by atoms with Crippen LogP contribution in [-0.2, 0) is 6.18 Å². The van der Waals surface area contributed by atoms with Crippen LogP contribution in [0.25, 0.3) is 11.3 Å². The van der Waals surface area contributed by atoms with Gasteiger partial charge in [-0.15, -0.1) is 0 Å². The summed E-state index contributed by atoms with van der Waals surface area (Å²) in [7, 11) is 3.95. The second-order valence-electron chi connectivity index (χ2n) is 10.9. The highest BCUT2D eigenvalue weighted by Crippen LogP contribution is 2.41. The number of aromatic nitrogens is 2. The standard InChI is InChI=1S/C29H33F5N6O/c1-17(2)40-11-12-41-27-22(30)13-18(14-25(27)40)26-23(31)16-35-28(37-26)36-19-5-6-24(21(15-19)29(32,33)34)39-9-7-20(8-10-39)38(3)4/h5-6,13-17,20H,7-12H2,1-4H3,(H,35,36,37). The van der Waals surface area contributed by atoms with Crippen molar-refractivity contribution < 1.29 is 26.7 Å². The Morgan fingerprint density at radius 1 is 1.00 bits per heavy atom. The highest BCUT2D eigenvalue weighted by Gasteiger charge is 2.36. The van der Waals surface area contributed by atoms with Gasteiger partial charge in [0.1, 0.15) is 12.3 Å². The molecule has 0 spiro atoms. The summed E-state index contributed by atoms with van der Waals surface area (Å²) in [6.07, 6.45) is -2.15. The number of nitrogens with one attached hydrogen (secondary N) is 1. The molecule has 3 aromatic rings. The fourth-order valence-corrected chi connectivity index (χ4v) is 5.47. The molecule has 2 aromatic carbocycles. The molecule has 1 fully saturated rings. The van der Waals surface area contributed by atoms with Crippen LogP contribution in [0, 0.1) is 11.6 Å². The Morgan fingerprint density at radius 2 is 1.73 bits per heavy atom. The molecule has 0 radical (unpaired) electrons. The second-order valence-corrected chi connectivity index (χ2v) is 10.9. The van der Waals surface area contributed by atoms with E-state index in [1.807, 2.05) is 32.8 Å². The summed E-state index contributed by atoms with van der Waals surface area (Å²) in [4.78, 5) is 13.9. The summed E-state index contributed by atoms with van der Waals surface area (Å²) in [5.41, 5.74) is -0.115. The molecule has 0 bridgehead atoms. The van der Waals surface area contributed by atoms with Crippen LogP contribution < -0.4 is 19.9 Å². The first-order valence-electron chi connectivity index (χ1n) is 13.6. The Kier molecular flexibility index (Phi) is 7.95. The van der Waals surface area contributed by atoms with Crippen molar-refractivity contribution in [1.82, 2.24) is 14.9 Å². The zero-order valence-corrected chi connectivity index (χ0v) is 23.4. The van der Waals surface area contributed by atoms with Gasteiger partial charge in [0.2, 0.25) is 5.95 Å². The molecule has 0 unspecified atom stereocenters. The Hall–Kier alpha value is -3.67. The Bertz CT molecular complexity index is 1410. The van der Waals surface area contributed by atoms with Gasteiger partial charge in [-0.05, 0) is 71.1 Å². The van der Waals surface area contributed by atoms with E-state index in [9.17, 15) is 22.0 Å². The van der Waals surface area contributed by atoms with E-state index >= 15 is 0 Å². The molecule has 5 rings (SSSR count). The molecular weight excluding hydrogens is 543 g/mol. The fourth-order valence-electron chi connectivity index (χ4n) is 5.47. The summed E-state index contributed by atoms with van der Waals surface area (Å²) in [5, 5.41) is 2.77. The summed E-state index contributed by atoms with van der Waals surface area (Å²) >= 11 is 0. The van der Waals surface area contributed by atoms with Gasteiger partial charge in [-0.25, -0.2) is 18.7 Å². The van der Waals surface area contributed by atoms with Gasteiger partial charge in [-0.3, -0.25) is 0 Å². The SMILES string of the molecule is CC(C)N1CCOc2c(F)cc(-c3nc(Nc4ccc(N5CCC(N(C)C)CC5)c(C(F)(F)F)c4)ncc3F)cc21. The molecule has 1 aromatic heterocycles. The van der Waals surface area contributed by atoms with E-state index in [1.165, 1.54) is 12.1 Å². The highest BCUT2D eigenvalue weighted by atomic mass is 19.4. The number of halogens is 5. The largest absolute Gasteiger partial charge is 0.486 e. The molecule has 41 heavy (non-hydrogen) atoms. The Morgan fingerprint density at radius 3 is 2.39 bits per heavy atom. The van der Waals surface area contributed by atoms with E-state index in [-0.39, 0.29) is 40.4 Å². The monoisotopic (exact) mass is 576 g/mol. The third kappa shape index (κ3) is 6.02. The van der Waals surface area contributed by atoms with E-state index < -0.39 is 23.4 Å². The van der Waals surface area contributed by atoms with Crippen LogP contribution in [0.5, 0.6) is 5.75 Å². The molecule has 0 saturated carbocycles. The third-order valence-electron chi connectivity index (χ3n) is 7.65. The first-order valence-corrected chi connectivity index (χ1v) is 13.6. The quantitative estimate of drug-likeness (QED) is 0.345. The number of anilines is 4. The van der Waals surface area contributed by atoms with E-state index in [0.29, 0.717) is 38.0 Å². The van der Waals surface area contributed by atoms with Crippen LogP contribution in [-0.4, -0.2) is 67.3 Å². The zero-order chi connectivity index (χ0) is 29.5. The molecule has 1 N–H and O–H groups in total. The van der Waals surface area contributed by atoms with Gasteiger partial charge in [-0.1, -0.05) is 0 Å². The number of rotatable bonds is 6. The third-order valence-corrected chi connectivity index (χ3v) is 7.65. The lowest BCUT2D eigenvalue weighted by atomic mass is 10.0. The summed E-state index contributed by atoms with van der Waals surface area (Å²) in [6, 6.07) is 7.07. The molecular formula is C29H33F5N6O. The summed E-state index contributed by atoms with van der Waals surface area (Å²) in [6.45, 7) is 5.81. The van der Waals surface area contributed by atoms with Crippen molar-refractivity contribution in [1.29, 1.82) is 0 Å². The van der Waals surface area contributed by atoms with Crippen molar-refractivity contribution >= 4 is 23.0 Å². The van der Waals surface area contributed by atoms with Gasteiger partial charge in [-0.2, -0.15) is 13.2 Å². The van der Waals surface area contributed by atoms with E-state index in [2.05, 4.69) is 20.2 Å². The predicted molar refractivity (Wildman–Crippen MR) is 149 cm³/mol. The van der Waals surface area contributed by atoms with Crippen LogP contribution in [0.1, 0.15) is 32.3 Å². The fraction of sp³-hybridized carbons (Fsp3) is 0.448. The van der Waals surface area contributed by atoms with Crippen molar-refractivity contribution in [3.63, 3.8) is 0 Å². The lowest BCUT2D eigenvalue weighted by molar-refractivity contribution is -0.137. The molecule has 0 amide bonds. The molecule has 0 aliphatic carbocycles. The molecule has 2 aliphatic rings. The van der Waals surface area contributed by atoms with Gasteiger partial charge >= 0.3 is 6.18 Å². The van der Waals surface area contributed by atoms with E-state index in [1.54, 1.807) is 11.0 Å².